The van der Waals surface area contributed by atoms with Crippen molar-refractivity contribution in [2.24, 2.45) is 0 Å². The number of ketones is 1. The predicted octanol–water partition coefficient (Wildman–Crippen LogP) is 3.22. The quantitative estimate of drug-likeness (QED) is 0.544. The molecule has 0 radical (unpaired) electrons. The van der Waals surface area contributed by atoms with Gasteiger partial charge in [-0.3, -0.25) is 9.59 Å². The largest absolute Gasteiger partial charge is 0.449 e. The molecule has 1 heterocycles. The van der Waals surface area contributed by atoms with Crippen LogP contribution in [-0.2, 0) is 4.74 Å². The fraction of sp³-hybridized carbons (Fsp3) is 0.105. The van der Waals surface area contributed by atoms with Gasteiger partial charge in [0, 0.05) is 11.6 Å². The van der Waals surface area contributed by atoms with E-state index in [9.17, 15) is 14.4 Å². The first-order chi connectivity index (χ1) is 11.6. The van der Waals surface area contributed by atoms with Gasteiger partial charge in [-0.05, 0) is 19.1 Å². The van der Waals surface area contributed by atoms with Gasteiger partial charge in [-0.15, -0.1) is 0 Å². The minimum absolute atomic E-state index is 0.230. The van der Waals surface area contributed by atoms with Crippen molar-refractivity contribution in [1.82, 2.24) is 0 Å². The summed E-state index contributed by atoms with van der Waals surface area (Å²) in [5.41, 5.74) is 0.391. The van der Waals surface area contributed by atoms with Crippen molar-refractivity contribution < 1.29 is 18.7 Å². The van der Waals surface area contributed by atoms with Crippen molar-refractivity contribution in [2.75, 3.05) is 0 Å². The van der Waals surface area contributed by atoms with Crippen molar-refractivity contribution in [3.8, 4) is 0 Å². The number of fused-ring (bicyclic) bond motifs is 1. The second-order valence-corrected chi connectivity index (χ2v) is 5.25. The predicted molar refractivity (Wildman–Crippen MR) is 88.1 cm³/mol. The van der Waals surface area contributed by atoms with Crippen molar-refractivity contribution in [2.45, 2.75) is 13.0 Å². The number of carbonyl (C=O) groups is 2. The first-order valence-corrected chi connectivity index (χ1v) is 7.39. The number of esters is 1. The molecule has 0 fully saturated rings. The molecule has 24 heavy (non-hydrogen) atoms. The maximum atomic E-state index is 12.2. The molecule has 0 saturated heterocycles. The van der Waals surface area contributed by atoms with Gasteiger partial charge >= 0.3 is 5.97 Å². The molecule has 1 atom stereocenters. The van der Waals surface area contributed by atoms with E-state index in [0.29, 0.717) is 16.5 Å². The molecule has 3 aromatic rings. The van der Waals surface area contributed by atoms with E-state index >= 15 is 0 Å². The second kappa shape index (κ2) is 6.50. The Hall–Kier alpha value is -3.21. The van der Waals surface area contributed by atoms with Crippen LogP contribution in [0.2, 0.25) is 0 Å². The highest BCUT2D eigenvalue weighted by Gasteiger charge is 2.22. The lowest BCUT2D eigenvalue weighted by atomic mass is 10.1. The number of Topliss-reactive ketones (excluding diaryl/α,β-unsaturated/α-hetero) is 1. The highest BCUT2D eigenvalue weighted by atomic mass is 16.6. The smallest absolute Gasteiger partial charge is 0.375 e. The highest BCUT2D eigenvalue weighted by molar-refractivity contribution is 6.01. The van der Waals surface area contributed by atoms with E-state index in [0.717, 1.165) is 6.07 Å². The second-order valence-electron chi connectivity index (χ2n) is 5.25. The van der Waals surface area contributed by atoms with Gasteiger partial charge in [0.1, 0.15) is 5.58 Å². The van der Waals surface area contributed by atoms with E-state index in [1.54, 1.807) is 54.6 Å². The van der Waals surface area contributed by atoms with E-state index in [1.807, 2.05) is 0 Å². The molecule has 5 heteroatoms. The van der Waals surface area contributed by atoms with E-state index < -0.39 is 12.1 Å². The van der Waals surface area contributed by atoms with Gasteiger partial charge in [-0.2, -0.15) is 0 Å². The highest BCUT2D eigenvalue weighted by Crippen LogP contribution is 2.14. The van der Waals surface area contributed by atoms with Crippen LogP contribution in [0.5, 0.6) is 0 Å². The summed E-state index contributed by atoms with van der Waals surface area (Å²) in [5.74, 6) is -1.41. The molecule has 0 N–H and O–H groups in total. The lowest BCUT2D eigenvalue weighted by Crippen LogP contribution is -2.24. The normalized spacial score (nSPS) is 11.9. The summed E-state index contributed by atoms with van der Waals surface area (Å²) >= 11 is 0. The maximum absolute atomic E-state index is 12.2. The molecule has 0 aliphatic rings. The molecule has 0 amide bonds. The number of ether oxygens (including phenoxy) is 1. The number of rotatable bonds is 4. The Labute approximate surface area is 137 Å². The van der Waals surface area contributed by atoms with Gasteiger partial charge in [-0.1, -0.05) is 42.5 Å². The van der Waals surface area contributed by atoms with Crippen LogP contribution in [0.25, 0.3) is 11.0 Å². The van der Waals surface area contributed by atoms with Crippen molar-refractivity contribution >= 4 is 22.7 Å². The van der Waals surface area contributed by atoms with Crippen LogP contribution >= 0.6 is 0 Å². The van der Waals surface area contributed by atoms with E-state index in [-0.39, 0.29) is 17.0 Å². The Bertz CT molecular complexity index is 956. The van der Waals surface area contributed by atoms with Gasteiger partial charge < -0.3 is 9.15 Å². The van der Waals surface area contributed by atoms with Crippen molar-refractivity contribution in [3.63, 3.8) is 0 Å². The minimum Gasteiger partial charge on any atom is -0.449 e. The third-order valence-electron chi connectivity index (χ3n) is 3.55. The van der Waals surface area contributed by atoms with Crippen molar-refractivity contribution in [1.29, 1.82) is 0 Å². The maximum Gasteiger partial charge on any atom is 0.375 e. The van der Waals surface area contributed by atoms with Gasteiger partial charge in [-0.25, -0.2) is 4.79 Å². The summed E-state index contributed by atoms with van der Waals surface area (Å²) in [4.78, 5) is 36.4. The first-order valence-electron chi connectivity index (χ1n) is 7.39. The zero-order valence-electron chi connectivity index (χ0n) is 12.9. The summed E-state index contributed by atoms with van der Waals surface area (Å²) < 4.78 is 10.5. The third-order valence-corrected chi connectivity index (χ3v) is 3.55. The van der Waals surface area contributed by atoms with Crippen LogP contribution in [0.3, 0.4) is 0 Å². The van der Waals surface area contributed by atoms with Crippen LogP contribution in [0.1, 0.15) is 27.8 Å². The molecule has 120 valence electrons. The Balaban J connectivity index is 1.82. The topological polar surface area (TPSA) is 73.6 Å². The number of hydrogen-bond acceptors (Lipinski definition) is 5. The molecule has 2 aromatic carbocycles. The fourth-order valence-corrected chi connectivity index (χ4v) is 2.31. The Kier molecular flexibility index (Phi) is 4.24. The van der Waals surface area contributed by atoms with Gasteiger partial charge in [0.25, 0.3) is 0 Å². The molecule has 0 aliphatic heterocycles. The Morgan fingerprint density at radius 1 is 1.00 bits per heavy atom. The number of benzene rings is 2. The molecule has 3 rings (SSSR count). The molecule has 0 saturated carbocycles. The summed E-state index contributed by atoms with van der Waals surface area (Å²) in [7, 11) is 0. The molecule has 1 aromatic heterocycles. The molecular weight excluding hydrogens is 308 g/mol. The third kappa shape index (κ3) is 3.10. The lowest BCUT2D eigenvalue weighted by molar-refractivity contribution is 0.0289. The van der Waals surface area contributed by atoms with Gasteiger partial charge in [0.2, 0.25) is 11.5 Å². The van der Waals surface area contributed by atoms with Gasteiger partial charge in [0.05, 0.1) is 5.39 Å². The molecule has 0 spiro atoms. The minimum atomic E-state index is -0.989. The Morgan fingerprint density at radius 3 is 2.42 bits per heavy atom. The average Bonchev–Trinajstić information content (AvgIpc) is 2.61. The SMILES string of the molecule is C[C@H](OC(=O)c1cc(=O)c2ccccc2o1)C(=O)c1ccccc1. The molecule has 0 unspecified atom stereocenters. The molecule has 5 nitrogen and oxygen atoms in total. The number of para-hydroxylation sites is 1. The van der Waals surface area contributed by atoms with Gasteiger partial charge in [0.15, 0.2) is 11.5 Å². The van der Waals surface area contributed by atoms with Crippen LogP contribution < -0.4 is 5.43 Å². The van der Waals surface area contributed by atoms with Crippen LogP contribution in [0.4, 0.5) is 0 Å². The molecular formula is C19H14O5. The average molecular weight is 322 g/mol. The zero-order valence-corrected chi connectivity index (χ0v) is 12.9. The van der Waals surface area contributed by atoms with Crippen molar-refractivity contribution in [3.05, 3.63) is 82.2 Å². The lowest BCUT2D eigenvalue weighted by Gasteiger charge is -2.12. The molecule has 0 bridgehead atoms. The summed E-state index contributed by atoms with van der Waals surface area (Å²) in [6.07, 6.45) is -0.989. The van der Waals surface area contributed by atoms with E-state index in [1.165, 1.54) is 6.92 Å². The number of carbonyl (C=O) groups excluding carboxylic acids is 2. The van der Waals surface area contributed by atoms with Crippen LogP contribution in [-0.4, -0.2) is 17.9 Å². The summed E-state index contributed by atoms with van der Waals surface area (Å²) in [6, 6.07) is 16.2. The zero-order chi connectivity index (χ0) is 17.1. The summed E-state index contributed by atoms with van der Waals surface area (Å²) in [6.45, 7) is 1.48. The number of hydrogen-bond donors (Lipinski definition) is 0. The Morgan fingerprint density at radius 2 is 1.67 bits per heavy atom. The first kappa shape index (κ1) is 15.7. The molecule has 0 aliphatic carbocycles. The van der Waals surface area contributed by atoms with Crippen LogP contribution in [0.15, 0.2) is 69.9 Å². The van der Waals surface area contributed by atoms with E-state index in [4.69, 9.17) is 9.15 Å². The summed E-state index contributed by atoms with van der Waals surface area (Å²) in [5, 5.41) is 0.377. The monoisotopic (exact) mass is 322 g/mol. The standard InChI is InChI=1S/C19H14O5/c1-12(18(21)13-7-3-2-4-8-13)23-19(22)17-11-15(20)14-9-5-6-10-16(14)24-17/h2-12H,1H3/t12-/m0/s1. The van der Waals surface area contributed by atoms with E-state index in [2.05, 4.69) is 0 Å². The van der Waals surface area contributed by atoms with Crippen LogP contribution in [0, 0.1) is 0 Å². The fourth-order valence-electron chi connectivity index (χ4n) is 2.31.